The van der Waals surface area contributed by atoms with Crippen LogP contribution < -0.4 is 10.9 Å². The summed E-state index contributed by atoms with van der Waals surface area (Å²) >= 11 is 0. The lowest BCUT2D eigenvalue weighted by atomic mass is 9.83. The molecule has 0 saturated carbocycles. The SMILES string of the molecule is O=C(c1cncc(-c2cc3n(c(=O)c2)C[C@@H]2CNC[C@H]3C2)n1)N1CCCCC1. The monoisotopic (exact) mass is 379 g/mol. The van der Waals surface area contributed by atoms with Crippen LogP contribution in [-0.4, -0.2) is 51.5 Å². The zero-order chi connectivity index (χ0) is 19.1. The molecule has 0 unspecified atom stereocenters. The van der Waals surface area contributed by atoms with Gasteiger partial charge in [-0.2, -0.15) is 0 Å². The van der Waals surface area contributed by atoms with Gasteiger partial charge in [-0.25, -0.2) is 4.98 Å². The average Bonchev–Trinajstić information content (AvgIpc) is 2.75. The molecule has 2 atom stereocenters. The Morgan fingerprint density at radius 1 is 1.11 bits per heavy atom. The first-order chi connectivity index (χ1) is 13.7. The standard InChI is InChI=1S/C21H25N5O2/c27-20-8-15(7-19-16-6-14(9-22-10-16)13-26(19)20)17-11-23-12-18(24-17)21(28)25-4-2-1-3-5-25/h7-8,11-12,14,16,22H,1-6,9-10,13H2/t14-,16+/m0/s1. The van der Waals surface area contributed by atoms with E-state index in [1.807, 2.05) is 9.47 Å². The molecule has 2 aromatic rings. The van der Waals surface area contributed by atoms with Crippen LogP contribution in [0.25, 0.3) is 11.3 Å². The molecular formula is C21H25N5O2. The highest BCUT2D eigenvalue weighted by Crippen LogP contribution is 2.33. The number of nitrogens with zero attached hydrogens (tertiary/aromatic N) is 4. The summed E-state index contributed by atoms with van der Waals surface area (Å²) in [5.74, 6) is 0.814. The predicted octanol–water partition coefficient (Wildman–Crippen LogP) is 1.64. The van der Waals surface area contributed by atoms with Crippen molar-refractivity contribution in [1.29, 1.82) is 0 Å². The van der Waals surface area contributed by atoms with Gasteiger partial charge in [-0.05, 0) is 44.2 Å². The maximum absolute atomic E-state index is 12.8. The zero-order valence-electron chi connectivity index (χ0n) is 15.9. The van der Waals surface area contributed by atoms with Gasteiger partial charge in [-0.15, -0.1) is 0 Å². The smallest absolute Gasteiger partial charge is 0.274 e. The van der Waals surface area contributed by atoms with Gasteiger partial charge in [0.2, 0.25) is 0 Å². The number of hydrogen-bond donors (Lipinski definition) is 1. The van der Waals surface area contributed by atoms with Crippen molar-refractivity contribution in [1.82, 2.24) is 24.8 Å². The molecule has 7 nitrogen and oxygen atoms in total. The summed E-state index contributed by atoms with van der Waals surface area (Å²) in [7, 11) is 0. The largest absolute Gasteiger partial charge is 0.337 e. The van der Waals surface area contributed by atoms with Gasteiger partial charge in [0.25, 0.3) is 11.5 Å². The lowest BCUT2D eigenvalue weighted by Gasteiger charge is -2.37. The van der Waals surface area contributed by atoms with E-state index < -0.39 is 0 Å². The second-order valence-electron chi connectivity index (χ2n) is 8.22. The van der Waals surface area contributed by atoms with Crippen LogP contribution in [0.3, 0.4) is 0 Å². The van der Waals surface area contributed by atoms with Crippen LogP contribution in [0.5, 0.6) is 0 Å². The number of aromatic nitrogens is 3. The van der Waals surface area contributed by atoms with Crippen molar-refractivity contribution < 1.29 is 4.79 Å². The normalized spacial score (nSPS) is 23.9. The Morgan fingerprint density at radius 3 is 2.82 bits per heavy atom. The Morgan fingerprint density at radius 2 is 1.96 bits per heavy atom. The summed E-state index contributed by atoms with van der Waals surface area (Å²) in [5.41, 5.74) is 2.78. The van der Waals surface area contributed by atoms with E-state index in [1.165, 1.54) is 12.6 Å². The maximum atomic E-state index is 12.8. The van der Waals surface area contributed by atoms with Crippen molar-refractivity contribution in [2.45, 2.75) is 38.1 Å². The second kappa shape index (κ2) is 7.13. The van der Waals surface area contributed by atoms with Crippen LogP contribution in [0.1, 0.15) is 47.8 Å². The number of pyridine rings is 1. The number of likely N-dealkylation sites (tertiary alicyclic amines) is 1. The van der Waals surface area contributed by atoms with Crippen molar-refractivity contribution in [2.75, 3.05) is 26.2 Å². The summed E-state index contributed by atoms with van der Waals surface area (Å²) in [6.07, 6.45) is 7.54. The number of rotatable bonds is 2. The van der Waals surface area contributed by atoms with E-state index in [9.17, 15) is 9.59 Å². The minimum atomic E-state index is -0.0666. The molecule has 0 spiro atoms. The predicted molar refractivity (Wildman–Crippen MR) is 105 cm³/mol. The molecule has 5 heterocycles. The van der Waals surface area contributed by atoms with Gasteiger partial charge in [0.1, 0.15) is 5.69 Å². The lowest BCUT2D eigenvalue weighted by molar-refractivity contribution is 0.0718. The second-order valence-corrected chi connectivity index (χ2v) is 8.22. The Labute approximate surface area is 163 Å². The van der Waals surface area contributed by atoms with Crippen LogP contribution in [0.2, 0.25) is 0 Å². The van der Waals surface area contributed by atoms with Crippen molar-refractivity contribution in [2.24, 2.45) is 5.92 Å². The van der Waals surface area contributed by atoms with Crippen molar-refractivity contribution in [3.05, 3.63) is 46.3 Å². The van der Waals surface area contributed by atoms with Gasteiger partial charge >= 0.3 is 0 Å². The molecule has 3 aliphatic heterocycles. The van der Waals surface area contributed by atoms with E-state index in [4.69, 9.17) is 0 Å². The van der Waals surface area contributed by atoms with E-state index in [2.05, 4.69) is 21.4 Å². The number of piperidine rings is 2. The topological polar surface area (TPSA) is 80.1 Å². The summed E-state index contributed by atoms with van der Waals surface area (Å²) in [5, 5.41) is 3.47. The van der Waals surface area contributed by atoms with E-state index >= 15 is 0 Å². The average molecular weight is 379 g/mol. The minimum absolute atomic E-state index is 0.0126. The third-order valence-electron chi connectivity index (χ3n) is 6.25. The fraction of sp³-hybridized carbons (Fsp3) is 0.524. The molecule has 0 aliphatic carbocycles. The van der Waals surface area contributed by atoms with Crippen LogP contribution in [0, 0.1) is 5.92 Å². The van der Waals surface area contributed by atoms with Crippen LogP contribution in [0.15, 0.2) is 29.3 Å². The Kier molecular flexibility index (Phi) is 4.47. The molecule has 7 heteroatoms. The summed E-state index contributed by atoms with van der Waals surface area (Å²) in [4.78, 5) is 36.2. The maximum Gasteiger partial charge on any atom is 0.274 e. The van der Waals surface area contributed by atoms with Gasteiger partial charge in [-0.1, -0.05) is 0 Å². The van der Waals surface area contributed by atoms with E-state index in [0.717, 1.165) is 63.2 Å². The Bertz CT molecular complexity index is 964. The molecule has 28 heavy (non-hydrogen) atoms. The summed E-state index contributed by atoms with van der Waals surface area (Å²) in [6, 6.07) is 3.70. The van der Waals surface area contributed by atoms with Crippen LogP contribution >= 0.6 is 0 Å². The Balaban J connectivity index is 1.49. The molecule has 0 radical (unpaired) electrons. The number of carbonyl (C=O) groups is 1. The molecule has 2 fully saturated rings. The van der Waals surface area contributed by atoms with Crippen LogP contribution in [-0.2, 0) is 6.54 Å². The van der Waals surface area contributed by atoms with Gasteiger partial charge in [0, 0.05) is 49.4 Å². The first-order valence-corrected chi connectivity index (χ1v) is 10.3. The van der Waals surface area contributed by atoms with Crippen molar-refractivity contribution in [3.8, 4) is 11.3 Å². The van der Waals surface area contributed by atoms with Crippen LogP contribution in [0.4, 0.5) is 0 Å². The molecule has 5 rings (SSSR count). The lowest BCUT2D eigenvalue weighted by Crippen LogP contribution is -2.44. The highest BCUT2D eigenvalue weighted by Gasteiger charge is 2.31. The number of fused-ring (bicyclic) bond motifs is 4. The third-order valence-corrected chi connectivity index (χ3v) is 6.25. The molecule has 3 aliphatic rings. The summed E-state index contributed by atoms with van der Waals surface area (Å²) in [6.45, 7) is 4.22. The van der Waals surface area contributed by atoms with Gasteiger partial charge in [-0.3, -0.25) is 14.6 Å². The molecule has 2 aromatic heterocycles. The quantitative estimate of drug-likeness (QED) is 0.858. The molecule has 1 amide bonds. The van der Waals surface area contributed by atoms with E-state index in [1.54, 1.807) is 12.3 Å². The first kappa shape index (κ1) is 17.6. The first-order valence-electron chi connectivity index (χ1n) is 10.3. The highest BCUT2D eigenvalue weighted by atomic mass is 16.2. The fourth-order valence-corrected chi connectivity index (χ4v) is 4.82. The number of carbonyl (C=O) groups excluding carboxylic acids is 1. The van der Waals surface area contributed by atoms with Crippen molar-refractivity contribution in [3.63, 3.8) is 0 Å². The van der Waals surface area contributed by atoms with Gasteiger partial charge < -0.3 is 14.8 Å². The molecule has 2 bridgehead atoms. The number of amides is 1. The minimum Gasteiger partial charge on any atom is -0.337 e. The van der Waals surface area contributed by atoms with Crippen molar-refractivity contribution >= 4 is 5.91 Å². The number of hydrogen-bond acceptors (Lipinski definition) is 5. The molecular weight excluding hydrogens is 354 g/mol. The zero-order valence-corrected chi connectivity index (χ0v) is 15.9. The van der Waals surface area contributed by atoms with Gasteiger partial charge in [0.15, 0.2) is 0 Å². The highest BCUT2D eigenvalue weighted by molar-refractivity contribution is 5.92. The third kappa shape index (κ3) is 3.13. The van der Waals surface area contributed by atoms with E-state index in [0.29, 0.717) is 23.2 Å². The molecule has 1 N–H and O–H groups in total. The molecule has 2 saturated heterocycles. The fourth-order valence-electron chi connectivity index (χ4n) is 4.82. The summed E-state index contributed by atoms with van der Waals surface area (Å²) < 4.78 is 1.92. The van der Waals surface area contributed by atoms with E-state index in [-0.39, 0.29) is 11.5 Å². The van der Waals surface area contributed by atoms with Gasteiger partial charge in [0.05, 0.1) is 18.1 Å². The molecule has 146 valence electrons. The number of nitrogens with one attached hydrogen (secondary N) is 1. The molecule has 0 aromatic carbocycles. The Hall–Kier alpha value is -2.54.